The molecule has 0 aliphatic heterocycles. The zero-order chi connectivity index (χ0) is 16.9. The fourth-order valence-electron chi connectivity index (χ4n) is 1.77. The van der Waals surface area contributed by atoms with Gasteiger partial charge in [-0.1, -0.05) is 18.2 Å². The molecule has 2 rings (SSSR count). The number of nitrogens with zero attached hydrogens (tertiary/aromatic N) is 1. The van der Waals surface area contributed by atoms with Gasteiger partial charge in [-0.2, -0.15) is 0 Å². The maximum absolute atomic E-state index is 12.3. The number of nitrogens with one attached hydrogen (secondary N) is 1. The summed E-state index contributed by atoms with van der Waals surface area (Å²) in [4.78, 5) is 3.99. The molecule has 0 spiro atoms. The molecule has 9 heteroatoms. The van der Waals surface area contributed by atoms with E-state index in [-0.39, 0.29) is 17.9 Å². The van der Waals surface area contributed by atoms with Crippen molar-refractivity contribution >= 4 is 15.7 Å². The monoisotopic (exact) mass is 346 g/mol. The molecule has 1 aromatic carbocycles. The molecule has 1 aromatic heterocycles. The number of sulfonamides is 1. The van der Waals surface area contributed by atoms with E-state index < -0.39 is 22.1 Å². The van der Waals surface area contributed by atoms with Gasteiger partial charge in [0.1, 0.15) is 0 Å². The lowest BCUT2D eigenvalue weighted by Gasteiger charge is -2.14. The second-order valence-electron chi connectivity index (χ2n) is 4.54. The minimum absolute atomic E-state index is 0.137. The van der Waals surface area contributed by atoms with Gasteiger partial charge in [-0.05, 0) is 24.3 Å². The van der Waals surface area contributed by atoms with E-state index in [0.29, 0.717) is 5.69 Å². The summed E-state index contributed by atoms with van der Waals surface area (Å²) in [6.07, 6.45) is -3.24. The number of rotatable bonds is 6. The molecule has 0 unspecified atom stereocenters. The molecule has 0 atom stereocenters. The molecule has 2 aromatic rings. The molecule has 1 N–H and O–H groups in total. The van der Waals surface area contributed by atoms with Crippen molar-refractivity contribution in [3.63, 3.8) is 0 Å². The fraction of sp³-hybridized carbons (Fsp3) is 0.214. The first-order valence-corrected chi connectivity index (χ1v) is 8.15. The van der Waals surface area contributed by atoms with Crippen LogP contribution >= 0.6 is 0 Å². The van der Waals surface area contributed by atoms with Gasteiger partial charge in [0.15, 0.2) is 5.75 Å². The van der Waals surface area contributed by atoms with Gasteiger partial charge in [0.05, 0.1) is 11.4 Å². The summed E-state index contributed by atoms with van der Waals surface area (Å²) in [5.41, 5.74) is 0.295. The van der Waals surface area contributed by atoms with E-state index in [4.69, 9.17) is 0 Å². The van der Waals surface area contributed by atoms with E-state index in [2.05, 4.69) is 14.4 Å². The molecule has 0 aliphatic rings. The third kappa shape index (κ3) is 5.78. The number of anilines is 1. The van der Waals surface area contributed by atoms with Gasteiger partial charge >= 0.3 is 6.36 Å². The lowest BCUT2D eigenvalue weighted by molar-refractivity contribution is -0.274. The standard InChI is InChI=1S/C14H13F3N2O3S/c15-14(16,17)22-13-7-2-1-6-12(13)19-23(20,21)10-8-11-5-3-4-9-18-11/h1-7,9,19H,8,10H2. The maximum atomic E-state index is 12.3. The van der Waals surface area contributed by atoms with Gasteiger partial charge in [-0.3, -0.25) is 9.71 Å². The number of hydrogen-bond donors (Lipinski definition) is 1. The number of alkyl halides is 3. The average molecular weight is 346 g/mol. The van der Waals surface area contributed by atoms with Gasteiger partial charge in [0.2, 0.25) is 10.0 Å². The van der Waals surface area contributed by atoms with Crippen LogP contribution in [0.25, 0.3) is 0 Å². The highest BCUT2D eigenvalue weighted by molar-refractivity contribution is 7.92. The summed E-state index contributed by atoms with van der Waals surface area (Å²) >= 11 is 0. The summed E-state index contributed by atoms with van der Waals surface area (Å²) in [5.74, 6) is -0.925. The molecular weight excluding hydrogens is 333 g/mol. The second-order valence-corrected chi connectivity index (χ2v) is 6.38. The highest BCUT2D eigenvalue weighted by atomic mass is 32.2. The molecule has 5 nitrogen and oxygen atoms in total. The molecule has 0 radical (unpaired) electrons. The Morgan fingerprint density at radius 2 is 1.78 bits per heavy atom. The number of halogens is 3. The smallest absolute Gasteiger partial charge is 0.404 e. The summed E-state index contributed by atoms with van der Waals surface area (Å²) < 4.78 is 66.9. The first kappa shape index (κ1) is 17.1. The Morgan fingerprint density at radius 1 is 1.09 bits per heavy atom. The molecule has 0 bridgehead atoms. The Kier molecular flexibility index (Phi) is 5.09. The van der Waals surface area contributed by atoms with E-state index in [1.165, 1.54) is 24.4 Å². The number of benzene rings is 1. The Balaban J connectivity index is 2.08. The van der Waals surface area contributed by atoms with Crippen LogP contribution in [0.1, 0.15) is 5.69 Å². The molecule has 0 fully saturated rings. The average Bonchev–Trinajstić information content (AvgIpc) is 2.47. The van der Waals surface area contributed by atoms with Crippen LogP contribution in [0.15, 0.2) is 48.7 Å². The Hall–Kier alpha value is -2.29. The van der Waals surface area contributed by atoms with E-state index in [9.17, 15) is 21.6 Å². The Labute approximate surface area is 131 Å². The van der Waals surface area contributed by atoms with Crippen LogP contribution < -0.4 is 9.46 Å². The predicted molar refractivity (Wildman–Crippen MR) is 78.5 cm³/mol. The number of aromatic nitrogens is 1. The topological polar surface area (TPSA) is 68.3 Å². The fourth-order valence-corrected chi connectivity index (χ4v) is 2.85. The van der Waals surface area contributed by atoms with Crippen molar-refractivity contribution in [1.29, 1.82) is 0 Å². The van der Waals surface area contributed by atoms with Crippen LogP contribution in [0, 0.1) is 0 Å². The highest BCUT2D eigenvalue weighted by Crippen LogP contribution is 2.30. The molecule has 0 aliphatic carbocycles. The zero-order valence-corrected chi connectivity index (χ0v) is 12.6. The SMILES string of the molecule is O=S(=O)(CCc1ccccn1)Nc1ccccc1OC(F)(F)F. The van der Waals surface area contributed by atoms with Crippen molar-refractivity contribution in [3.8, 4) is 5.75 Å². The summed E-state index contributed by atoms with van der Waals surface area (Å²) in [6.45, 7) is 0. The predicted octanol–water partition coefficient (Wildman–Crippen LogP) is 2.96. The quantitative estimate of drug-likeness (QED) is 0.873. The first-order valence-electron chi connectivity index (χ1n) is 6.50. The van der Waals surface area contributed by atoms with Gasteiger partial charge in [0.25, 0.3) is 0 Å². The van der Waals surface area contributed by atoms with Crippen molar-refractivity contribution in [2.75, 3.05) is 10.5 Å². The van der Waals surface area contributed by atoms with E-state index in [0.717, 1.165) is 6.07 Å². The van der Waals surface area contributed by atoms with E-state index in [1.807, 2.05) is 0 Å². The summed E-state index contributed by atoms with van der Waals surface area (Å²) in [6, 6.07) is 10.0. The van der Waals surface area contributed by atoms with E-state index in [1.54, 1.807) is 18.2 Å². The molecule has 1 heterocycles. The normalized spacial score (nSPS) is 12.0. The Morgan fingerprint density at radius 3 is 2.43 bits per heavy atom. The van der Waals surface area contributed by atoms with Crippen molar-refractivity contribution in [2.45, 2.75) is 12.8 Å². The molecular formula is C14H13F3N2O3S. The largest absolute Gasteiger partial charge is 0.573 e. The number of para-hydroxylation sites is 2. The third-order valence-corrected chi connectivity index (χ3v) is 4.00. The van der Waals surface area contributed by atoms with Crippen molar-refractivity contribution in [2.24, 2.45) is 0 Å². The number of hydrogen-bond acceptors (Lipinski definition) is 4. The number of aryl methyl sites for hydroxylation is 1. The van der Waals surface area contributed by atoms with Gasteiger partial charge in [0, 0.05) is 18.3 Å². The molecule has 124 valence electrons. The van der Waals surface area contributed by atoms with E-state index >= 15 is 0 Å². The zero-order valence-electron chi connectivity index (χ0n) is 11.7. The maximum Gasteiger partial charge on any atom is 0.573 e. The second kappa shape index (κ2) is 6.86. The summed E-state index contributed by atoms with van der Waals surface area (Å²) in [7, 11) is -3.85. The van der Waals surface area contributed by atoms with Crippen LogP contribution in [0.3, 0.4) is 0 Å². The van der Waals surface area contributed by atoms with Crippen molar-refractivity contribution in [1.82, 2.24) is 4.98 Å². The molecule has 0 amide bonds. The summed E-state index contributed by atoms with van der Waals surface area (Å²) in [5, 5.41) is 0. The van der Waals surface area contributed by atoms with Crippen LogP contribution in [0.5, 0.6) is 5.75 Å². The lowest BCUT2D eigenvalue weighted by atomic mass is 10.3. The highest BCUT2D eigenvalue weighted by Gasteiger charge is 2.32. The molecule has 0 saturated heterocycles. The van der Waals surface area contributed by atoms with Crippen LogP contribution in [0.2, 0.25) is 0 Å². The molecule has 0 saturated carbocycles. The first-order chi connectivity index (χ1) is 10.8. The minimum atomic E-state index is -4.91. The number of pyridine rings is 1. The van der Waals surface area contributed by atoms with Gasteiger partial charge in [-0.15, -0.1) is 13.2 Å². The van der Waals surface area contributed by atoms with Crippen molar-refractivity contribution in [3.05, 3.63) is 54.4 Å². The lowest BCUT2D eigenvalue weighted by Crippen LogP contribution is -2.21. The Bertz CT molecular complexity index is 749. The number of ether oxygens (including phenoxy) is 1. The molecule has 23 heavy (non-hydrogen) atoms. The van der Waals surface area contributed by atoms with Gasteiger partial charge < -0.3 is 4.74 Å². The van der Waals surface area contributed by atoms with Crippen LogP contribution in [0.4, 0.5) is 18.9 Å². The van der Waals surface area contributed by atoms with Gasteiger partial charge in [-0.25, -0.2) is 8.42 Å². The van der Waals surface area contributed by atoms with Crippen LogP contribution in [-0.2, 0) is 16.4 Å². The minimum Gasteiger partial charge on any atom is -0.404 e. The third-order valence-electron chi connectivity index (χ3n) is 2.73. The van der Waals surface area contributed by atoms with Crippen LogP contribution in [-0.4, -0.2) is 25.5 Å². The van der Waals surface area contributed by atoms with Crippen molar-refractivity contribution < 1.29 is 26.3 Å².